The molecule has 1 aromatic heterocycles. The second-order valence-corrected chi connectivity index (χ2v) is 5.74. The number of nitrogens with two attached hydrogens (primary N) is 1. The molecule has 0 saturated carbocycles. The topological polar surface area (TPSA) is 77.7 Å². The number of amides is 1. The summed E-state index contributed by atoms with van der Waals surface area (Å²) in [6, 6.07) is 8.22. The van der Waals surface area contributed by atoms with Crippen LogP contribution >= 0.6 is 0 Å². The van der Waals surface area contributed by atoms with Crippen LogP contribution in [0.25, 0.3) is 10.9 Å². The molecule has 0 bridgehead atoms. The van der Waals surface area contributed by atoms with E-state index >= 15 is 0 Å². The van der Waals surface area contributed by atoms with E-state index in [-0.39, 0.29) is 12.5 Å². The van der Waals surface area contributed by atoms with Crippen molar-refractivity contribution in [1.29, 1.82) is 0 Å². The quantitative estimate of drug-likeness (QED) is 0.936. The van der Waals surface area contributed by atoms with E-state index < -0.39 is 6.09 Å². The maximum absolute atomic E-state index is 10.8. The molecule has 1 saturated heterocycles. The van der Waals surface area contributed by atoms with Crippen LogP contribution in [0.3, 0.4) is 0 Å². The molecule has 0 aliphatic carbocycles. The standard InChI is InChI=1S/C17H21N3O3/c1-12(11-23-17(18)21)15-4-2-3-13-9-14(10-19-16(13)15)20-5-7-22-8-6-20/h2-4,9-10,12H,5-8,11H2,1H3,(H2,18,21). The molecule has 1 atom stereocenters. The lowest BCUT2D eigenvalue weighted by Gasteiger charge is -2.28. The third-order valence-electron chi connectivity index (χ3n) is 4.11. The number of nitrogens with zero attached hydrogens (tertiary/aromatic N) is 2. The number of carbonyl (C=O) groups is 1. The number of benzene rings is 1. The normalized spacial score (nSPS) is 16.3. The van der Waals surface area contributed by atoms with E-state index in [0.29, 0.717) is 0 Å². The molecule has 1 aliphatic heterocycles. The second-order valence-electron chi connectivity index (χ2n) is 5.74. The van der Waals surface area contributed by atoms with Crippen molar-refractivity contribution in [3.63, 3.8) is 0 Å². The molecule has 1 aliphatic rings. The second kappa shape index (κ2) is 6.83. The first-order valence-corrected chi connectivity index (χ1v) is 7.79. The SMILES string of the molecule is CC(COC(N)=O)c1cccc2cc(N3CCOCC3)cnc12. The van der Waals surface area contributed by atoms with Crippen molar-refractivity contribution < 1.29 is 14.3 Å². The van der Waals surface area contributed by atoms with Gasteiger partial charge in [-0.1, -0.05) is 25.1 Å². The van der Waals surface area contributed by atoms with Crippen molar-refractivity contribution in [3.05, 3.63) is 36.0 Å². The van der Waals surface area contributed by atoms with Crippen LogP contribution in [0, 0.1) is 0 Å². The Morgan fingerprint density at radius 2 is 2.22 bits per heavy atom. The molecule has 6 nitrogen and oxygen atoms in total. The summed E-state index contributed by atoms with van der Waals surface area (Å²) in [5.74, 6) is 0.0351. The van der Waals surface area contributed by atoms with E-state index in [1.54, 1.807) is 0 Å². The Morgan fingerprint density at radius 1 is 1.43 bits per heavy atom. The van der Waals surface area contributed by atoms with Crippen molar-refractivity contribution in [1.82, 2.24) is 4.98 Å². The van der Waals surface area contributed by atoms with Crippen LogP contribution in [-0.2, 0) is 9.47 Å². The first-order chi connectivity index (χ1) is 11.1. The van der Waals surface area contributed by atoms with Crippen LogP contribution in [-0.4, -0.2) is 44.0 Å². The fourth-order valence-corrected chi connectivity index (χ4v) is 2.86. The summed E-state index contributed by atoms with van der Waals surface area (Å²) < 4.78 is 10.3. The van der Waals surface area contributed by atoms with Crippen LogP contribution in [0.2, 0.25) is 0 Å². The van der Waals surface area contributed by atoms with Crippen molar-refractivity contribution in [3.8, 4) is 0 Å². The summed E-state index contributed by atoms with van der Waals surface area (Å²) in [7, 11) is 0. The zero-order valence-corrected chi connectivity index (χ0v) is 13.2. The molecule has 122 valence electrons. The first-order valence-electron chi connectivity index (χ1n) is 7.79. The van der Waals surface area contributed by atoms with E-state index in [9.17, 15) is 4.79 Å². The number of para-hydroxylation sites is 1. The van der Waals surface area contributed by atoms with Gasteiger partial charge in [0.2, 0.25) is 0 Å². The van der Waals surface area contributed by atoms with Gasteiger partial charge in [-0.25, -0.2) is 4.79 Å². The number of ether oxygens (including phenoxy) is 2. The Hall–Kier alpha value is -2.34. The van der Waals surface area contributed by atoms with Gasteiger partial charge in [-0.05, 0) is 11.6 Å². The van der Waals surface area contributed by atoms with Crippen LogP contribution < -0.4 is 10.6 Å². The van der Waals surface area contributed by atoms with Gasteiger partial charge in [-0.15, -0.1) is 0 Å². The number of hydrogen-bond acceptors (Lipinski definition) is 5. The highest BCUT2D eigenvalue weighted by Crippen LogP contribution is 2.27. The lowest BCUT2D eigenvalue weighted by atomic mass is 9.98. The van der Waals surface area contributed by atoms with Gasteiger partial charge in [0.1, 0.15) is 0 Å². The number of anilines is 1. The highest BCUT2D eigenvalue weighted by Gasteiger charge is 2.15. The van der Waals surface area contributed by atoms with Gasteiger partial charge in [-0.3, -0.25) is 4.98 Å². The molecule has 0 spiro atoms. The predicted octanol–water partition coefficient (Wildman–Crippen LogP) is 2.27. The molecule has 1 amide bonds. The molecule has 1 fully saturated rings. The van der Waals surface area contributed by atoms with E-state index in [1.165, 1.54) is 0 Å². The third-order valence-corrected chi connectivity index (χ3v) is 4.11. The van der Waals surface area contributed by atoms with Crippen LogP contribution in [0.1, 0.15) is 18.4 Å². The number of carbonyl (C=O) groups excluding carboxylic acids is 1. The largest absolute Gasteiger partial charge is 0.449 e. The van der Waals surface area contributed by atoms with Gasteiger partial charge in [0.05, 0.1) is 37.2 Å². The molecule has 0 radical (unpaired) electrons. The number of morpholine rings is 1. The lowest BCUT2D eigenvalue weighted by molar-refractivity contribution is 0.122. The molecule has 1 aromatic carbocycles. The molecule has 3 rings (SSSR count). The summed E-state index contributed by atoms with van der Waals surface area (Å²) in [5, 5.41) is 1.08. The molecule has 2 N–H and O–H groups in total. The fraction of sp³-hybridized carbons (Fsp3) is 0.412. The first kappa shape index (κ1) is 15.6. The summed E-state index contributed by atoms with van der Waals surface area (Å²) in [4.78, 5) is 17.7. The Morgan fingerprint density at radius 3 is 2.96 bits per heavy atom. The molecule has 23 heavy (non-hydrogen) atoms. The van der Waals surface area contributed by atoms with Crippen molar-refractivity contribution >= 4 is 22.7 Å². The maximum atomic E-state index is 10.8. The average molecular weight is 315 g/mol. The van der Waals surface area contributed by atoms with Gasteiger partial charge in [0.15, 0.2) is 0 Å². The minimum atomic E-state index is -0.750. The Bertz CT molecular complexity index is 699. The van der Waals surface area contributed by atoms with Gasteiger partial charge in [0.25, 0.3) is 0 Å². The number of hydrogen-bond donors (Lipinski definition) is 1. The van der Waals surface area contributed by atoms with E-state index in [0.717, 1.165) is 48.5 Å². The lowest BCUT2D eigenvalue weighted by Crippen LogP contribution is -2.36. The molecular weight excluding hydrogens is 294 g/mol. The van der Waals surface area contributed by atoms with Gasteiger partial charge < -0.3 is 20.1 Å². The summed E-state index contributed by atoms with van der Waals surface area (Å²) in [5.41, 5.74) is 8.14. The summed E-state index contributed by atoms with van der Waals surface area (Å²) >= 11 is 0. The highest BCUT2D eigenvalue weighted by atomic mass is 16.5. The van der Waals surface area contributed by atoms with Crippen molar-refractivity contribution in [2.75, 3.05) is 37.8 Å². The summed E-state index contributed by atoms with van der Waals surface area (Å²) in [6.45, 7) is 5.52. The Balaban J connectivity index is 1.87. The van der Waals surface area contributed by atoms with Crippen LogP contribution in [0.5, 0.6) is 0 Å². The molecule has 2 heterocycles. The molecule has 6 heteroatoms. The average Bonchev–Trinajstić information content (AvgIpc) is 2.59. The van der Waals surface area contributed by atoms with Gasteiger partial charge in [0, 0.05) is 24.4 Å². The number of rotatable bonds is 4. The van der Waals surface area contributed by atoms with Crippen LogP contribution in [0.4, 0.5) is 10.5 Å². The van der Waals surface area contributed by atoms with Crippen molar-refractivity contribution in [2.45, 2.75) is 12.8 Å². The highest BCUT2D eigenvalue weighted by molar-refractivity contribution is 5.85. The third kappa shape index (κ3) is 3.53. The minimum Gasteiger partial charge on any atom is -0.449 e. The maximum Gasteiger partial charge on any atom is 0.404 e. The van der Waals surface area contributed by atoms with Gasteiger partial charge >= 0.3 is 6.09 Å². The number of primary amides is 1. The Labute approximate surface area is 135 Å². The van der Waals surface area contributed by atoms with Gasteiger partial charge in [-0.2, -0.15) is 0 Å². The predicted molar refractivity (Wildman–Crippen MR) is 88.7 cm³/mol. The molecular formula is C17H21N3O3. The summed E-state index contributed by atoms with van der Waals surface area (Å²) in [6.07, 6.45) is 1.15. The number of pyridine rings is 1. The monoisotopic (exact) mass is 315 g/mol. The molecule has 1 unspecified atom stereocenters. The van der Waals surface area contributed by atoms with E-state index in [2.05, 4.69) is 22.0 Å². The number of fused-ring (bicyclic) bond motifs is 1. The molecule has 2 aromatic rings. The van der Waals surface area contributed by atoms with E-state index in [4.69, 9.17) is 15.2 Å². The van der Waals surface area contributed by atoms with Crippen molar-refractivity contribution in [2.24, 2.45) is 5.73 Å². The minimum absolute atomic E-state index is 0.0351. The zero-order chi connectivity index (χ0) is 16.2. The zero-order valence-electron chi connectivity index (χ0n) is 13.2. The fourth-order valence-electron chi connectivity index (χ4n) is 2.86. The number of aromatic nitrogens is 1. The smallest absolute Gasteiger partial charge is 0.404 e. The van der Waals surface area contributed by atoms with Crippen LogP contribution in [0.15, 0.2) is 30.5 Å². The van der Waals surface area contributed by atoms with E-state index in [1.807, 2.05) is 25.3 Å². The Kier molecular flexibility index (Phi) is 4.62.